The number of hydrogen-bond donors (Lipinski definition) is 1. The first-order valence-electron chi connectivity index (χ1n) is 11.7. The molecule has 5 rings (SSSR count). The number of carbonyl (C=O) groups is 1. The molecule has 0 saturated carbocycles. The third-order valence-corrected chi connectivity index (χ3v) is 6.60. The van der Waals surface area contributed by atoms with Crippen LogP contribution in [0.5, 0.6) is 5.88 Å². The van der Waals surface area contributed by atoms with Gasteiger partial charge < -0.3 is 19.5 Å². The number of ether oxygens (including phenoxy) is 1. The second-order valence-electron chi connectivity index (χ2n) is 8.97. The van der Waals surface area contributed by atoms with Crippen LogP contribution < -0.4 is 10.1 Å². The minimum Gasteiger partial charge on any atom is -0.479 e. The van der Waals surface area contributed by atoms with Crippen molar-refractivity contribution in [1.29, 1.82) is 0 Å². The van der Waals surface area contributed by atoms with Crippen molar-refractivity contribution in [3.05, 3.63) is 36.0 Å². The number of hydrogen-bond acceptors (Lipinski definition) is 6. The molecule has 0 spiro atoms. The lowest BCUT2D eigenvalue weighted by Gasteiger charge is -2.34. The van der Waals surface area contributed by atoms with Crippen molar-refractivity contribution in [3.63, 3.8) is 0 Å². The smallest absolute Gasteiger partial charge is 0.256 e. The molecule has 0 unspecified atom stereocenters. The van der Waals surface area contributed by atoms with E-state index in [0.717, 1.165) is 0 Å². The molecule has 4 heterocycles. The topological polar surface area (TPSA) is 89.6 Å². The van der Waals surface area contributed by atoms with Gasteiger partial charge >= 0.3 is 0 Å². The van der Waals surface area contributed by atoms with Crippen molar-refractivity contribution < 1.29 is 27.1 Å². The molecule has 9 nitrogen and oxygen atoms in total. The van der Waals surface area contributed by atoms with E-state index in [4.69, 9.17) is 4.74 Å². The van der Waals surface area contributed by atoms with Crippen LogP contribution in [0.25, 0.3) is 27.7 Å². The number of halogens is 4. The number of nitrogens with one attached hydrogen (secondary N) is 1. The molecular formula is C24H25F4N7O2. The van der Waals surface area contributed by atoms with E-state index in [0.29, 0.717) is 29.6 Å². The Balaban J connectivity index is 1.52. The van der Waals surface area contributed by atoms with Crippen LogP contribution in [0.1, 0.15) is 19.2 Å². The third kappa shape index (κ3) is 4.53. The zero-order valence-electron chi connectivity index (χ0n) is 20.4. The van der Waals surface area contributed by atoms with Gasteiger partial charge in [-0.2, -0.15) is 4.98 Å². The summed E-state index contributed by atoms with van der Waals surface area (Å²) in [6, 6.07) is 3.96. The van der Waals surface area contributed by atoms with Gasteiger partial charge in [0.2, 0.25) is 17.7 Å². The van der Waals surface area contributed by atoms with Gasteiger partial charge in [0.05, 0.1) is 31.8 Å². The summed E-state index contributed by atoms with van der Waals surface area (Å²) in [4.78, 5) is 21.5. The summed E-state index contributed by atoms with van der Waals surface area (Å²) < 4.78 is 64.2. The van der Waals surface area contributed by atoms with Gasteiger partial charge in [-0.1, -0.05) is 0 Å². The molecule has 1 N–H and O–H groups in total. The predicted octanol–water partition coefficient (Wildman–Crippen LogP) is 3.84. The number of imidazole rings is 1. The maximum absolute atomic E-state index is 15.0. The molecule has 0 radical (unpaired) electrons. The summed E-state index contributed by atoms with van der Waals surface area (Å²) in [5.41, 5.74) is 1.61. The van der Waals surface area contributed by atoms with Gasteiger partial charge in [-0.25, -0.2) is 27.1 Å². The monoisotopic (exact) mass is 519 g/mol. The fraction of sp³-hybridized carbons (Fsp3) is 0.417. The van der Waals surface area contributed by atoms with Crippen molar-refractivity contribution in [2.45, 2.75) is 45.5 Å². The lowest BCUT2D eigenvalue weighted by atomic mass is 10.0. The standard InChI is InChI=1S/C24H25F4N7O2/c1-12-29-21-16(25)8-14(9-19(21)34(12)11-20(27)28)15-4-7-35-22(15)23(37-3)31-24(32-35)30-18-5-6-33(13(2)36)10-17(18)26/h4,7-9,17-18,20H,5-6,10-11H2,1-3H3,(H,30,32)/t17-,18+/m1/s1. The van der Waals surface area contributed by atoms with Crippen molar-refractivity contribution in [2.75, 3.05) is 25.5 Å². The van der Waals surface area contributed by atoms with Crippen LogP contribution in [0.4, 0.5) is 23.5 Å². The van der Waals surface area contributed by atoms with Gasteiger partial charge in [-0.05, 0) is 37.1 Å². The van der Waals surface area contributed by atoms with E-state index in [2.05, 4.69) is 20.4 Å². The fourth-order valence-electron chi connectivity index (χ4n) is 4.77. The highest BCUT2D eigenvalue weighted by molar-refractivity contribution is 5.90. The number of rotatable bonds is 6. The lowest BCUT2D eigenvalue weighted by Crippen LogP contribution is -2.49. The molecule has 4 aromatic rings. The predicted molar refractivity (Wildman–Crippen MR) is 128 cm³/mol. The molecule has 3 aromatic heterocycles. The summed E-state index contributed by atoms with van der Waals surface area (Å²) in [5, 5.41) is 7.40. The van der Waals surface area contributed by atoms with Crippen molar-refractivity contribution in [2.24, 2.45) is 0 Å². The van der Waals surface area contributed by atoms with E-state index in [9.17, 15) is 22.4 Å². The van der Waals surface area contributed by atoms with Crippen molar-refractivity contribution in [3.8, 4) is 17.0 Å². The average Bonchev–Trinajstić information content (AvgIpc) is 3.41. The van der Waals surface area contributed by atoms with E-state index in [1.807, 2.05) is 0 Å². The number of benzene rings is 1. The zero-order valence-corrected chi connectivity index (χ0v) is 20.4. The molecule has 1 fully saturated rings. The molecule has 0 bridgehead atoms. The highest BCUT2D eigenvalue weighted by atomic mass is 19.3. The number of aryl methyl sites for hydroxylation is 1. The van der Waals surface area contributed by atoms with Gasteiger partial charge in [0, 0.05) is 25.2 Å². The number of methoxy groups -OCH3 is 1. The van der Waals surface area contributed by atoms with Gasteiger partial charge in [0.1, 0.15) is 23.0 Å². The van der Waals surface area contributed by atoms with Crippen LogP contribution in [0.2, 0.25) is 0 Å². The largest absolute Gasteiger partial charge is 0.479 e. The van der Waals surface area contributed by atoms with E-state index >= 15 is 0 Å². The molecule has 1 amide bonds. The van der Waals surface area contributed by atoms with Gasteiger partial charge in [-0.15, -0.1) is 5.10 Å². The first-order chi connectivity index (χ1) is 17.7. The molecule has 1 aliphatic heterocycles. The summed E-state index contributed by atoms with van der Waals surface area (Å²) in [5.74, 6) is -0.256. The minimum absolute atomic E-state index is 0.0108. The fourth-order valence-corrected chi connectivity index (χ4v) is 4.77. The average molecular weight is 520 g/mol. The number of anilines is 1. The number of carbonyl (C=O) groups excluding carboxylic acids is 1. The minimum atomic E-state index is -2.63. The van der Waals surface area contributed by atoms with Crippen molar-refractivity contribution >= 4 is 28.4 Å². The Labute approximate surface area is 209 Å². The Morgan fingerprint density at radius 1 is 1.30 bits per heavy atom. The number of fused-ring (bicyclic) bond motifs is 2. The van der Waals surface area contributed by atoms with E-state index in [-0.39, 0.29) is 41.1 Å². The Morgan fingerprint density at radius 2 is 2.08 bits per heavy atom. The number of amides is 1. The molecule has 2 atom stereocenters. The zero-order chi connectivity index (χ0) is 26.4. The lowest BCUT2D eigenvalue weighted by molar-refractivity contribution is -0.131. The molecule has 1 aliphatic rings. The number of alkyl halides is 3. The summed E-state index contributed by atoms with van der Waals surface area (Å²) in [7, 11) is 1.41. The highest BCUT2D eigenvalue weighted by Crippen LogP contribution is 2.34. The number of piperidine rings is 1. The molecule has 1 aromatic carbocycles. The number of aromatic nitrogens is 5. The van der Waals surface area contributed by atoms with Crippen LogP contribution in [-0.4, -0.2) is 73.8 Å². The van der Waals surface area contributed by atoms with Crippen LogP contribution >= 0.6 is 0 Å². The maximum Gasteiger partial charge on any atom is 0.256 e. The summed E-state index contributed by atoms with van der Waals surface area (Å²) in [6.07, 6.45) is -1.93. The van der Waals surface area contributed by atoms with Crippen LogP contribution in [0.15, 0.2) is 24.4 Å². The third-order valence-electron chi connectivity index (χ3n) is 6.60. The van der Waals surface area contributed by atoms with Gasteiger partial charge in [0.15, 0.2) is 5.82 Å². The number of nitrogens with zero attached hydrogens (tertiary/aromatic N) is 6. The number of likely N-dealkylation sites (tertiary alicyclic amines) is 1. The molecule has 1 saturated heterocycles. The first kappa shape index (κ1) is 24.8. The van der Waals surface area contributed by atoms with Crippen LogP contribution in [0, 0.1) is 12.7 Å². The molecule has 13 heteroatoms. The molecule has 0 aliphatic carbocycles. The summed E-state index contributed by atoms with van der Waals surface area (Å²) >= 11 is 0. The maximum atomic E-state index is 15.0. The Hall–Kier alpha value is -3.90. The normalized spacial score (nSPS) is 18.2. The van der Waals surface area contributed by atoms with E-state index in [1.165, 1.54) is 34.1 Å². The molecular weight excluding hydrogens is 494 g/mol. The summed E-state index contributed by atoms with van der Waals surface area (Å²) in [6.45, 7) is 2.74. The second-order valence-corrected chi connectivity index (χ2v) is 8.97. The molecule has 37 heavy (non-hydrogen) atoms. The van der Waals surface area contributed by atoms with Gasteiger partial charge in [-0.3, -0.25) is 4.79 Å². The highest BCUT2D eigenvalue weighted by Gasteiger charge is 2.31. The Bertz CT molecular complexity index is 1490. The van der Waals surface area contributed by atoms with E-state index < -0.39 is 31.0 Å². The first-order valence-corrected chi connectivity index (χ1v) is 11.7. The van der Waals surface area contributed by atoms with Crippen LogP contribution in [-0.2, 0) is 11.3 Å². The Morgan fingerprint density at radius 3 is 2.76 bits per heavy atom. The van der Waals surface area contributed by atoms with E-state index in [1.54, 1.807) is 25.3 Å². The van der Waals surface area contributed by atoms with Crippen LogP contribution in [0.3, 0.4) is 0 Å². The molecule has 196 valence electrons. The van der Waals surface area contributed by atoms with Gasteiger partial charge in [0.25, 0.3) is 6.43 Å². The second kappa shape index (κ2) is 9.52. The quantitative estimate of drug-likeness (QED) is 0.390. The Kier molecular flexibility index (Phi) is 6.38. The SMILES string of the molecule is COc1nc(N[C@H]2CCN(C(C)=O)C[C@H]2F)nn2ccc(-c3cc(F)c4nc(C)n(CC(F)F)c4c3)c12. The van der Waals surface area contributed by atoms with Crippen molar-refractivity contribution in [1.82, 2.24) is 29.0 Å².